The molecule has 0 aliphatic rings. The third kappa shape index (κ3) is 5.30. The minimum atomic E-state index is -0.0497. The van der Waals surface area contributed by atoms with E-state index in [0.717, 1.165) is 25.0 Å². The highest BCUT2D eigenvalue weighted by molar-refractivity contribution is 5.11. The largest absolute Gasteiger partial charge is 0.330 e. The van der Waals surface area contributed by atoms with Crippen LogP contribution in [0.15, 0.2) is 6.20 Å². The summed E-state index contributed by atoms with van der Waals surface area (Å²) in [7, 11) is 0. The van der Waals surface area contributed by atoms with E-state index >= 15 is 0 Å². The van der Waals surface area contributed by atoms with E-state index < -0.39 is 0 Å². The molecule has 1 rings (SSSR count). The Morgan fingerprint density at radius 1 is 1.00 bits per heavy atom. The summed E-state index contributed by atoms with van der Waals surface area (Å²) < 4.78 is 2.07. The summed E-state index contributed by atoms with van der Waals surface area (Å²) in [5.74, 6) is 0. The minimum Gasteiger partial charge on any atom is -0.330 e. The number of aromatic nitrogens is 3. The van der Waals surface area contributed by atoms with Crippen LogP contribution in [0, 0.1) is 10.8 Å². The van der Waals surface area contributed by atoms with Crippen molar-refractivity contribution < 1.29 is 0 Å². The Morgan fingerprint density at radius 2 is 1.57 bits per heavy atom. The molecule has 0 saturated heterocycles. The normalized spacial score (nSPS) is 16.4. The van der Waals surface area contributed by atoms with Crippen LogP contribution in [0.4, 0.5) is 0 Å². The zero-order valence-corrected chi connectivity index (χ0v) is 16.8. The van der Waals surface area contributed by atoms with Crippen molar-refractivity contribution in [3.8, 4) is 0 Å². The second-order valence-corrected chi connectivity index (χ2v) is 10.1. The Bertz CT molecular complexity index is 508. The van der Waals surface area contributed by atoms with Crippen molar-refractivity contribution in [1.82, 2.24) is 15.0 Å². The van der Waals surface area contributed by atoms with Crippen molar-refractivity contribution in [2.75, 3.05) is 6.54 Å². The van der Waals surface area contributed by atoms with Crippen LogP contribution < -0.4 is 5.73 Å². The number of hydrogen-bond acceptors (Lipinski definition) is 3. The van der Waals surface area contributed by atoms with Crippen molar-refractivity contribution >= 4 is 0 Å². The molecule has 0 saturated carbocycles. The second-order valence-electron chi connectivity index (χ2n) is 10.1. The molecule has 1 aromatic heterocycles. The SMILES string of the molecule is CCC(C)(CC(C)(C)CN)n1cc(C(C)(C)CC(C)(C)C)nn1. The zero-order valence-electron chi connectivity index (χ0n) is 16.8. The zero-order chi connectivity index (χ0) is 18.1. The number of nitrogens with two attached hydrogens (primary N) is 1. The highest BCUT2D eigenvalue weighted by atomic mass is 15.4. The van der Waals surface area contributed by atoms with Gasteiger partial charge in [0, 0.05) is 11.6 Å². The fraction of sp³-hybridized carbons (Fsp3) is 0.895. The Balaban J connectivity index is 3.09. The van der Waals surface area contributed by atoms with Gasteiger partial charge in [-0.3, -0.25) is 0 Å². The van der Waals surface area contributed by atoms with E-state index in [0.29, 0.717) is 6.54 Å². The molecule has 0 aliphatic carbocycles. The standard InChI is InChI=1S/C19H38N4/c1-10-19(9,13-17(5,6)14-20)23-11-15(21-22-23)18(7,8)12-16(2,3)4/h11H,10,12-14,20H2,1-9H3. The van der Waals surface area contributed by atoms with Gasteiger partial charge in [-0.15, -0.1) is 5.10 Å². The molecule has 0 aliphatic heterocycles. The van der Waals surface area contributed by atoms with Crippen LogP contribution in [0.5, 0.6) is 0 Å². The van der Waals surface area contributed by atoms with E-state index in [4.69, 9.17) is 5.73 Å². The molecule has 4 heteroatoms. The van der Waals surface area contributed by atoms with Gasteiger partial charge in [-0.1, -0.05) is 60.6 Å². The van der Waals surface area contributed by atoms with Crippen molar-refractivity contribution in [3.05, 3.63) is 11.9 Å². The average Bonchev–Trinajstić information content (AvgIpc) is 2.86. The maximum Gasteiger partial charge on any atom is 0.0883 e. The van der Waals surface area contributed by atoms with Gasteiger partial charge in [0.15, 0.2) is 0 Å². The van der Waals surface area contributed by atoms with Gasteiger partial charge in [-0.25, -0.2) is 4.68 Å². The molecule has 0 fully saturated rings. The summed E-state index contributed by atoms with van der Waals surface area (Å²) in [5, 5.41) is 9.02. The molecule has 4 nitrogen and oxygen atoms in total. The maximum absolute atomic E-state index is 5.94. The predicted molar refractivity (Wildman–Crippen MR) is 98.5 cm³/mol. The molecule has 2 N–H and O–H groups in total. The summed E-state index contributed by atoms with van der Waals surface area (Å²) in [6.07, 6.45) is 5.24. The molecule has 0 amide bonds. The number of hydrogen-bond donors (Lipinski definition) is 1. The molecule has 1 unspecified atom stereocenters. The Labute approximate surface area is 143 Å². The van der Waals surface area contributed by atoms with E-state index in [2.05, 4.69) is 83.5 Å². The maximum atomic E-state index is 5.94. The van der Waals surface area contributed by atoms with E-state index in [9.17, 15) is 0 Å². The Kier molecular flexibility index (Phi) is 5.73. The van der Waals surface area contributed by atoms with Gasteiger partial charge >= 0.3 is 0 Å². The van der Waals surface area contributed by atoms with Gasteiger partial charge in [0.2, 0.25) is 0 Å². The Hall–Kier alpha value is -0.900. The minimum absolute atomic E-state index is 0.0224. The molecule has 0 bridgehead atoms. The van der Waals surface area contributed by atoms with Crippen LogP contribution >= 0.6 is 0 Å². The monoisotopic (exact) mass is 322 g/mol. The topological polar surface area (TPSA) is 56.7 Å². The van der Waals surface area contributed by atoms with Crippen LogP contribution in [0.3, 0.4) is 0 Å². The summed E-state index contributed by atoms with van der Waals surface area (Å²) in [6, 6.07) is 0. The quantitative estimate of drug-likeness (QED) is 0.804. The first-order chi connectivity index (χ1) is 10.2. The van der Waals surface area contributed by atoms with Crippen molar-refractivity contribution in [2.45, 2.75) is 92.5 Å². The van der Waals surface area contributed by atoms with Crippen molar-refractivity contribution in [3.63, 3.8) is 0 Å². The molecular weight excluding hydrogens is 284 g/mol. The van der Waals surface area contributed by atoms with E-state index in [1.165, 1.54) is 0 Å². The number of rotatable bonds is 7. The number of nitrogens with zero attached hydrogens (tertiary/aromatic N) is 3. The van der Waals surface area contributed by atoms with Crippen LogP contribution in [-0.2, 0) is 11.0 Å². The average molecular weight is 323 g/mol. The van der Waals surface area contributed by atoms with Gasteiger partial charge in [0.25, 0.3) is 0 Å². The Morgan fingerprint density at radius 3 is 2.00 bits per heavy atom. The first-order valence-electron chi connectivity index (χ1n) is 8.88. The van der Waals surface area contributed by atoms with Crippen LogP contribution in [0.25, 0.3) is 0 Å². The lowest BCUT2D eigenvalue weighted by Crippen LogP contribution is -2.38. The van der Waals surface area contributed by atoms with Crippen LogP contribution in [-0.4, -0.2) is 21.5 Å². The third-order valence-corrected chi connectivity index (χ3v) is 4.89. The smallest absolute Gasteiger partial charge is 0.0883 e. The highest BCUT2D eigenvalue weighted by Crippen LogP contribution is 2.38. The van der Waals surface area contributed by atoms with Gasteiger partial charge in [0.1, 0.15) is 0 Å². The van der Waals surface area contributed by atoms with E-state index in [1.807, 2.05) is 0 Å². The van der Waals surface area contributed by atoms with Crippen molar-refractivity contribution in [2.24, 2.45) is 16.6 Å². The first kappa shape index (κ1) is 20.1. The van der Waals surface area contributed by atoms with Crippen molar-refractivity contribution in [1.29, 1.82) is 0 Å². The fourth-order valence-corrected chi connectivity index (χ4v) is 3.73. The lowest BCUT2D eigenvalue weighted by atomic mass is 9.74. The van der Waals surface area contributed by atoms with Gasteiger partial charge in [-0.05, 0) is 43.6 Å². The molecule has 0 aromatic carbocycles. The van der Waals surface area contributed by atoms with Gasteiger partial charge in [-0.2, -0.15) is 0 Å². The summed E-state index contributed by atoms with van der Waals surface area (Å²) in [5.41, 5.74) is 7.36. The molecule has 23 heavy (non-hydrogen) atoms. The lowest BCUT2D eigenvalue weighted by Gasteiger charge is -2.36. The molecule has 1 atom stereocenters. The second kappa shape index (κ2) is 6.54. The molecule has 1 aromatic rings. The molecule has 0 radical (unpaired) electrons. The molecule has 1 heterocycles. The summed E-state index contributed by atoms with van der Waals surface area (Å²) in [6.45, 7) is 21.0. The van der Waals surface area contributed by atoms with Crippen LogP contribution in [0.2, 0.25) is 0 Å². The summed E-state index contributed by atoms with van der Waals surface area (Å²) in [4.78, 5) is 0. The predicted octanol–water partition coefficient (Wildman–Crippen LogP) is 4.49. The van der Waals surface area contributed by atoms with Gasteiger partial charge in [0.05, 0.1) is 11.2 Å². The molecular formula is C19H38N4. The van der Waals surface area contributed by atoms with E-state index in [-0.39, 0.29) is 21.8 Å². The molecule has 134 valence electrons. The molecule has 0 spiro atoms. The first-order valence-corrected chi connectivity index (χ1v) is 8.88. The van der Waals surface area contributed by atoms with Gasteiger partial charge < -0.3 is 5.73 Å². The highest BCUT2D eigenvalue weighted by Gasteiger charge is 2.35. The fourth-order valence-electron chi connectivity index (χ4n) is 3.73. The van der Waals surface area contributed by atoms with E-state index in [1.54, 1.807) is 0 Å². The third-order valence-electron chi connectivity index (χ3n) is 4.89. The lowest BCUT2D eigenvalue weighted by molar-refractivity contribution is 0.161. The van der Waals surface area contributed by atoms with Crippen LogP contribution in [0.1, 0.15) is 87.3 Å². The summed E-state index contributed by atoms with van der Waals surface area (Å²) >= 11 is 0.